The zero-order valence-electron chi connectivity index (χ0n) is 16.6. The predicted octanol–water partition coefficient (Wildman–Crippen LogP) is 3.33. The lowest BCUT2D eigenvalue weighted by molar-refractivity contribution is 0.0697. The molecule has 0 aliphatic rings. The highest BCUT2D eigenvalue weighted by molar-refractivity contribution is 6.12. The number of azo groups is 1. The van der Waals surface area contributed by atoms with Gasteiger partial charge in [-0.25, -0.2) is 10.7 Å². The Balaban J connectivity index is 2.11. The molecule has 0 saturated heterocycles. The summed E-state index contributed by atoms with van der Waals surface area (Å²) in [7, 11) is 1.51. The number of nitrogens with two attached hydrogens (primary N) is 1. The number of ketones is 1. The summed E-state index contributed by atoms with van der Waals surface area (Å²) < 4.78 is 7.13. The number of nitrogens with one attached hydrogen (secondary N) is 1. The second-order valence-corrected chi connectivity index (χ2v) is 6.40. The summed E-state index contributed by atoms with van der Waals surface area (Å²) in [6.45, 7) is 1.75. The molecule has 4 N–H and O–H groups in total. The zero-order valence-corrected chi connectivity index (χ0v) is 16.6. The Kier molecular flexibility index (Phi) is 5.76. The van der Waals surface area contributed by atoms with E-state index in [4.69, 9.17) is 21.3 Å². The van der Waals surface area contributed by atoms with Crippen molar-refractivity contribution in [3.05, 3.63) is 76.1 Å². The lowest BCUT2D eigenvalue weighted by Crippen LogP contribution is -2.11. The average molecular weight is 417 g/mol. The Hall–Kier alpha value is -4.56. The van der Waals surface area contributed by atoms with Gasteiger partial charge in [-0.2, -0.15) is 0 Å². The fourth-order valence-corrected chi connectivity index (χ4v) is 3.15. The number of carbonyl (C=O) groups is 2. The average Bonchev–Trinajstić information content (AvgIpc) is 3.04. The van der Waals surface area contributed by atoms with Crippen molar-refractivity contribution in [3.63, 3.8) is 0 Å². The number of carboxylic acid groups (broad SMARTS) is 1. The highest BCUT2D eigenvalue weighted by Gasteiger charge is 2.23. The number of amidine groups is 1. The maximum atomic E-state index is 13.3. The van der Waals surface area contributed by atoms with Gasteiger partial charge in [0.05, 0.1) is 18.2 Å². The molecule has 0 radical (unpaired) electrons. The van der Waals surface area contributed by atoms with Crippen LogP contribution in [-0.4, -0.2) is 40.1 Å². The van der Waals surface area contributed by atoms with Crippen LogP contribution in [0, 0.1) is 12.3 Å². The lowest BCUT2D eigenvalue weighted by atomic mass is 10.0. The SMILES string of the molecule is COc1c(C)c(C(=O)c2ccc(N=NC(=C=[N-])C(=N)N)c(C(=O)O)c2)n2ccccc12. The molecular weight excluding hydrogens is 400 g/mol. The minimum atomic E-state index is -1.33. The monoisotopic (exact) mass is 417 g/mol. The minimum absolute atomic E-state index is 0.0904. The molecule has 1 aromatic carbocycles. The molecule has 0 fully saturated rings. The summed E-state index contributed by atoms with van der Waals surface area (Å²) >= 11 is 0. The van der Waals surface area contributed by atoms with Gasteiger partial charge in [-0.3, -0.25) is 10.2 Å². The summed E-state index contributed by atoms with van der Waals surface area (Å²) in [6.07, 6.45) is 1.72. The number of carbonyl (C=O) groups excluding carboxylic acids is 1. The smallest absolute Gasteiger partial charge is 0.337 e. The quantitative estimate of drug-likeness (QED) is 0.232. The van der Waals surface area contributed by atoms with Crippen LogP contribution in [0.4, 0.5) is 5.69 Å². The van der Waals surface area contributed by atoms with Crippen LogP contribution >= 0.6 is 0 Å². The van der Waals surface area contributed by atoms with Gasteiger partial charge < -0.3 is 25.4 Å². The van der Waals surface area contributed by atoms with Crippen LogP contribution < -0.4 is 10.5 Å². The summed E-state index contributed by atoms with van der Waals surface area (Å²) in [5.74, 6) is -0.188. The molecule has 0 aliphatic heterocycles. The normalized spacial score (nSPS) is 10.8. The third-order valence-corrected chi connectivity index (χ3v) is 4.56. The van der Waals surface area contributed by atoms with Crippen molar-refractivity contribution in [2.45, 2.75) is 6.92 Å². The van der Waals surface area contributed by atoms with Gasteiger partial charge >= 0.3 is 5.97 Å². The van der Waals surface area contributed by atoms with Gasteiger partial charge in [-0.1, -0.05) is 6.07 Å². The Morgan fingerprint density at radius 2 is 2.03 bits per heavy atom. The largest absolute Gasteiger partial charge is 0.761 e. The van der Waals surface area contributed by atoms with Crippen LogP contribution in [0.2, 0.25) is 0 Å². The molecule has 0 atom stereocenters. The molecule has 0 saturated carbocycles. The molecule has 3 rings (SSSR count). The predicted molar refractivity (Wildman–Crippen MR) is 114 cm³/mol. The maximum Gasteiger partial charge on any atom is 0.337 e. The highest BCUT2D eigenvalue weighted by atomic mass is 16.5. The number of benzene rings is 1. The first-order valence-electron chi connectivity index (χ1n) is 8.89. The van der Waals surface area contributed by atoms with Gasteiger partial charge in [0.25, 0.3) is 0 Å². The van der Waals surface area contributed by atoms with Crippen LogP contribution in [0.25, 0.3) is 10.9 Å². The molecule has 0 amide bonds. The number of rotatable bonds is 7. The molecule has 2 aromatic heterocycles. The second-order valence-electron chi connectivity index (χ2n) is 6.40. The number of nitrogens with zero attached hydrogens (tertiary/aromatic N) is 4. The van der Waals surface area contributed by atoms with Crippen molar-refractivity contribution in [2.24, 2.45) is 16.0 Å². The fourth-order valence-electron chi connectivity index (χ4n) is 3.15. The van der Waals surface area contributed by atoms with Crippen LogP contribution in [0.1, 0.15) is 32.0 Å². The van der Waals surface area contributed by atoms with Crippen LogP contribution in [0.15, 0.2) is 58.5 Å². The van der Waals surface area contributed by atoms with Crippen LogP contribution in [-0.2, 0) is 0 Å². The first-order valence-corrected chi connectivity index (χ1v) is 8.89. The number of aromatic carboxylic acids is 1. The maximum absolute atomic E-state index is 13.3. The zero-order chi connectivity index (χ0) is 22.7. The van der Waals surface area contributed by atoms with E-state index in [1.54, 1.807) is 29.5 Å². The lowest BCUT2D eigenvalue weighted by Gasteiger charge is -2.07. The van der Waals surface area contributed by atoms with Crippen LogP contribution in [0.3, 0.4) is 0 Å². The summed E-state index contributed by atoms with van der Waals surface area (Å²) in [5, 5.41) is 32.9. The van der Waals surface area contributed by atoms with Crippen molar-refractivity contribution >= 4 is 34.7 Å². The number of carboxylic acids is 1. The summed E-state index contributed by atoms with van der Waals surface area (Å²) in [6, 6.07) is 9.31. The van der Waals surface area contributed by atoms with Crippen molar-refractivity contribution in [1.29, 1.82) is 5.41 Å². The first kappa shape index (κ1) is 21.2. The number of pyridine rings is 1. The van der Waals surface area contributed by atoms with E-state index in [1.807, 2.05) is 12.1 Å². The van der Waals surface area contributed by atoms with Gasteiger partial charge in [0.2, 0.25) is 5.78 Å². The Bertz CT molecular complexity index is 1310. The standard InChI is InChI=1S/C21H17N6O4/c1-11-17(27-8-4-3-5-16(27)19(11)31-2)18(28)12-6-7-14(13(9-12)21(29)30)25-26-15(10-22)20(23)24/h3-9H,1-2H3,(H3,23,24)(H,29,30)/q-1. The van der Waals surface area contributed by atoms with Gasteiger partial charge in [-0.05, 0) is 37.3 Å². The van der Waals surface area contributed by atoms with Crippen molar-refractivity contribution in [3.8, 4) is 5.75 Å². The van der Waals surface area contributed by atoms with E-state index in [0.29, 0.717) is 22.5 Å². The number of hydrogen-bond acceptors (Lipinski definition) is 6. The summed E-state index contributed by atoms with van der Waals surface area (Å²) in [5.41, 5.74) is 6.16. The molecular formula is C21H17N6O4-. The molecule has 31 heavy (non-hydrogen) atoms. The number of aromatic nitrogens is 1. The third kappa shape index (κ3) is 3.83. The minimum Gasteiger partial charge on any atom is -0.761 e. The van der Waals surface area contributed by atoms with Crippen molar-refractivity contribution in [2.75, 3.05) is 7.11 Å². The molecule has 10 nitrogen and oxygen atoms in total. The molecule has 2 heterocycles. The molecule has 0 bridgehead atoms. The van der Waals surface area contributed by atoms with Gasteiger partial charge in [0.15, 0.2) is 0 Å². The fraction of sp³-hybridized carbons (Fsp3) is 0.0952. The molecule has 0 spiro atoms. The van der Waals surface area contributed by atoms with E-state index in [2.05, 4.69) is 10.2 Å². The topological polar surface area (TPSA) is 165 Å². The molecule has 156 valence electrons. The van der Waals surface area contributed by atoms with Gasteiger partial charge in [0, 0.05) is 17.3 Å². The number of ether oxygens (including phenoxy) is 1. The first-order chi connectivity index (χ1) is 14.8. The van der Waals surface area contributed by atoms with E-state index in [9.17, 15) is 14.7 Å². The molecule has 0 aliphatic carbocycles. The molecule has 3 aromatic rings. The van der Waals surface area contributed by atoms with Crippen LogP contribution in [0.5, 0.6) is 5.75 Å². The van der Waals surface area contributed by atoms with E-state index >= 15 is 0 Å². The summed E-state index contributed by atoms with van der Waals surface area (Å²) in [4.78, 5) is 25.0. The van der Waals surface area contributed by atoms with E-state index in [1.165, 1.54) is 25.3 Å². The molecule has 0 unspecified atom stereocenters. The number of fused-ring (bicyclic) bond motifs is 1. The molecule has 10 heteroatoms. The number of hydrogen-bond donors (Lipinski definition) is 3. The highest BCUT2D eigenvalue weighted by Crippen LogP contribution is 2.32. The van der Waals surface area contributed by atoms with Crippen molar-refractivity contribution < 1.29 is 19.4 Å². The van der Waals surface area contributed by atoms with E-state index in [-0.39, 0.29) is 16.8 Å². The Morgan fingerprint density at radius 3 is 2.65 bits per heavy atom. The van der Waals surface area contributed by atoms with E-state index in [0.717, 1.165) is 0 Å². The third-order valence-electron chi connectivity index (χ3n) is 4.56. The van der Waals surface area contributed by atoms with Gasteiger partial charge in [-0.15, -0.1) is 10.2 Å². The van der Waals surface area contributed by atoms with E-state index < -0.39 is 23.3 Å². The van der Waals surface area contributed by atoms with Crippen molar-refractivity contribution in [1.82, 2.24) is 4.40 Å². The Morgan fingerprint density at radius 1 is 1.29 bits per heavy atom. The van der Waals surface area contributed by atoms with Gasteiger partial charge in [0.1, 0.15) is 28.7 Å². The Labute approximate surface area is 176 Å². The number of methoxy groups -OCH3 is 1. The second kappa shape index (κ2) is 8.44.